The number of nitrogen functional groups attached to an aromatic ring is 1. The average molecular weight is 219 g/mol. The van der Waals surface area contributed by atoms with Crippen molar-refractivity contribution in [1.82, 2.24) is 9.97 Å². The Morgan fingerprint density at radius 3 is 2.75 bits per heavy atom. The summed E-state index contributed by atoms with van der Waals surface area (Å²) in [6.45, 7) is 0. The Bertz CT molecular complexity index is 584. The minimum Gasteiger partial charge on any atom is -0.477 e. The first-order valence-electron chi connectivity index (χ1n) is 4.49. The summed E-state index contributed by atoms with van der Waals surface area (Å²) in [5.41, 5.74) is 5.37. The predicted octanol–water partition coefficient (Wildman–Crippen LogP) is 0.650. The van der Waals surface area contributed by atoms with E-state index in [0.29, 0.717) is 11.1 Å². The summed E-state index contributed by atoms with van der Waals surface area (Å²) in [4.78, 5) is 27.5. The lowest BCUT2D eigenvalue weighted by molar-refractivity contribution is 0.0696. The smallest absolute Gasteiger partial charge is 0.341 e. The molecular weight excluding hydrogens is 210 g/mol. The lowest BCUT2D eigenvalue weighted by Crippen LogP contribution is -2.20. The minimum atomic E-state index is -1.28. The van der Waals surface area contributed by atoms with Crippen LogP contribution in [0.25, 0.3) is 11.1 Å². The number of H-pyrrole nitrogens is 2. The lowest BCUT2D eigenvalue weighted by atomic mass is 10.0. The first-order valence-corrected chi connectivity index (χ1v) is 4.49. The largest absolute Gasteiger partial charge is 0.477 e. The van der Waals surface area contributed by atoms with Gasteiger partial charge in [-0.25, -0.2) is 4.79 Å². The number of anilines is 1. The van der Waals surface area contributed by atoms with Crippen molar-refractivity contribution in [2.24, 2.45) is 0 Å². The second-order valence-electron chi connectivity index (χ2n) is 3.25. The van der Waals surface area contributed by atoms with Gasteiger partial charge in [-0.2, -0.15) is 0 Å². The van der Waals surface area contributed by atoms with Crippen LogP contribution >= 0.6 is 0 Å². The number of hydrogen-bond acceptors (Lipinski definition) is 3. The van der Waals surface area contributed by atoms with Crippen LogP contribution in [0.5, 0.6) is 0 Å². The number of aromatic nitrogens is 2. The highest BCUT2D eigenvalue weighted by atomic mass is 16.4. The van der Waals surface area contributed by atoms with E-state index in [9.17, 15) is 9.59 Å². The molecule has 16 heavy (non-hydrogen) atoms. The van der Waals surface area contributed by atoms with Gasteiger partial charge in [0.1, 0.15) is 11.4 Å². The van der Waals surface area contributed by atoms with E-state index in [1.54, 1.807) is 18.5 Å². The zero-order valence-corrected chi connectivity index (χ0v) is 8.15. The predicted molar refractivity (Wildman–Crippen MR) is 58.2 cm³/mol. The number of nitrogens with two attached hydrogens (primary N) is 1. The van der Waals surface area contributed by atoms with Gasteiger partial charge in [0.2, 0.25) is 0 Å². The van der Waals surface area contributed by atoms with Gasteiger partial charge in [0, 0.05) is 23.5 Å². The SMILES string of the molecule is Nc1cc(-c2cc[nH]c2)c(C(=O)O)c(=O)[nH]1. The molecule has 82 valence electrons. The molecule has 0 fully saturated rings. The van der Waals surface area contributed by atoms with Gasteiger partial charge in [0.05, 0.1) is 0 Å². The van der Waals surface area contributed by atoms with Crippen molar-refractivity contribution < 1.29 is 9.90 Å². The molecule has 0 aromatic carbocycles. The Labute approximate surface area is 89.7 Å². The third-order valence-electron chi connectivity index (χ3n) is 2.18. The summed E-state index contributed by atoms with van der Waals surface area (Å²) < 4.78 is 0. The van der Waals surface area contributed by atoms with Crippen LogP contribution in [0.4, 0.5) is 5.82 Å². The quantitative estimate of drug-likeness (QED) is 0.594. The molecule has 6 heteroatoms. The van der Waals surface area contributed by atoms with Gasteiger partial charge in [-0.3, -0.25) is 4.79 Å². The topological polar surface area (TPSA) is 112 Å². The molecule has 0 bridgehead atoms. The zero-order valence-electron chi connectivity index (χ0n) is 8.15. The summed E-state index contributed by atoms with van der Waals surface area (Å²) in [6, 6.07) is 3.09. The fourth-order valence-corrected chi connectivity index (χ4v) is 1.51. The normalized spacial score (nSPS) is 10.2. The van der Waals surface area contributed by atoms with Crippen LogP contribution in [0.15, 0.2) is 29.3 Å². The number of nitrogens with one attached hydrogen (secondary N) is 2. The van der Waals surface area contributed by atoms with Crippen molar-refractivity contribution >= 4 is 11.8 Å². The standard InChI is InChI=1S/C10H9N3O3/c11-7-3-6(5-1-2-12-4-5)8(10(15)16)9(14)13-7/h1-4,12H,(H,15,16)(H3,11,13,14). The van der Waals surface area contributed by atoms with Crippen LogP contribution < -0.4 is 11.3 Å². The molecule has 5 N–H and O–H groups in total. The zero-order chi connectivity index (χ0) is 11.7. The fraction of sp³-hybridized carbons (Fsp3) is 0. The summed E-state index contributed by atoms with van der Waals surface area (Å²) in [5, 5.41) is 8.97. The molecule has 2 aromatic rings. The molecule has 0 unspecified atom stereocenters. The summed E-state index contributed by atoms with van der Waals surface area (Å²) in [6.07, 6.45) is 3.24. The molecular formula is C10H9N3O3. The van der Waals surface area contributed by atoms with Gasteiger partial charge in [-0.1, -0.05) is 0 Å². The number of carboxylic acid groups (broad SMARTS) is 1. The van der Waals surface area contributed by atoms with E-state index in [0.717, 1.165) is 0 Å². The average Bonchev–Trinajstić information content (AvgIpc) is 2.67. The van der Waals surface area contributed by atoms with Crippen LogP contribution in [-0.2, 0) is 0 Å². The number of pyridine rings is 1. The van der Waals surface area contributed by atoms with Gasteiger partial charge in [-0.15, -0.1) is 0 Å². The highest BCUT2D eigenvalue weighted by Gasteiger charge is 2.17. The number of hydrogen-bond donors (Lipinski definition) is 4. The van der Waals surface area contributed by atoms with Crippen molar-refractivity contribution in [3.63, 3.8) is 0 Å². The van der Waals surface area contributed by atoms with Crippen LogP contribution in [-0.4, -0.2) is 21.0 Å². The van der Waals surface area contributed by atoms with Crippen molar-refractivity contribution in [3.05, 3.63) is 40.4 Å². The van der Waals surface area contributed by atoms with Crippen LogP contribution in [0.1, 0.15) is 10.4 Å². The second kappa shape index (κ2) is 3.58. The Kier molecular flexibility index (Phi) is 2.24. The Morgan fingerprint density at radius 1 is 1.44 bits per heavy atom. The summed E-state index contributed by atoms with van der Waals surface area (Å²) in [7, 11) is 0. The van der Waals surface area contributed by atoms with Crippen molar-refractivity contribution in [2.45, 2.75) is 0 Å². The highest BCUT2D eigenvalue weighted by Crippen LogP contribution is 2.22. The molecule has 0 aliphatic carbocycles. The minimum absolute atomic E-state index is 0.131. The van der Waals surface area contributed by atoms with Crippen molar-refractivity contribution in [3.8, 4) is 11.1 Å². The molecule has 0 radical (unpaired) electrons. The number of carboxylic acids is 1. The molecule has 0 spiro atoms. The molecule has 0 amide bonds. The fourth-order valence-electron chi connectivity index (χ4n) is 1.51. The first kappa shape index (κ1) is 10.0. The highest BCUT2D eigenvalue weighted by molar-refractivity contribution is 5.96. The van der Waals surface area contributed by atoms with Crippen LogP contribution in [0, 0.1) is 0 Å². The van der Waals surface area contributed by atoms with E-state index >= 15 is 0 Å². The molecule has 0 saturated carbocycles. The van der Waals surface area contributed by atoms with Gasteiger partial charge in [-0.05, 0) is 12.1 Å². The maximum atomic E-state index is 11.5. The van der Waals surface area contributed by atoms with E-state index < -0.39 is 11.5 Å². The molecule has 2 heterocycles. The van der Waals surface area contributed by atoms with E-state index in [1.165, 1.54) is 6.07 Å². The van der Waals surface area contributed by atoms with Crippen LogP contribution in [0.2, 0.25) is 0 Å². The molecule has 2 rings (SSSR count). The number of rotatable bonds is 2. The molecule has 6 nitrogen and oxygen atoms in total. The van der Waals surface area contributed by atoms with E-state index in [4.69, 9.17) is 10.8 Å². The monoisotopic (exact) mass is 219 g/mol. The number of aromatic carboxylic acids is 1. The van der Waals surface area contributed by atoms with Gasteiger partial charge < -0.3 is 20.8 Å². The molecule has 0 aliphatic rings. The second-order valence-corrected chi connectivity index (χ2v) is 3.25. The third-order valence-corrected chi connectivity index (χ3v) is 2.18. The molecule has 0 aliphatic heterocycles. The summed E-state index contributed by atoms with van der Waals surface area (Å²) >= 11 is 0. The Hall–Kier alpha value is -2.50. The van der Waals surface area contributed by atoms with Gasteiger partial charge >= 0.3 is 5.97 Å². The maximum absolute atomic E-state index is 11.5. The van der Waals surface area contributed by atoms with Crippen molar-refractivity contribution in [1.29, 1.82) is 0 Å². The maximum Gasteiger partial charge on any atom is 0.341 e. The van der Waals surface area contributed by atoms with E-state index in [2.05, 4.69) is 9.97 Å². The van der Waals surface area contributed by atoms with E-state index in [1.807, 2.05) is 0 Å². The lowest BCUT2D eigenvalue weighted by Gasteiger charge is -2.04. The van der Waals surface area contributed by atoms with Gasteiger partial charge in [0.15, 0.2) is 0 Å². The van der Waals surface area contributed by atoms with Crippen molar-refractivity contribution in [2.75, 3.05) is 5.73 Å². The molecule has 0 atom stereocenters. The number of aromatic amines is 2. The Morgan fingerprint density at radius 2 is 2.19 bits per heavy atom. The van der Waals surface area contributed by atoms with Gasteiger partial charge in [0.25, 0.3) is 5.56 Å². The third kappa shape index (κ3) is 1.56. The molecule has 2 aromatic heterocycles. The van der Waals surface area contributed by atoms with E-state index in [-0.39, 0.29) is 11.4 Å². The Balaban J connectivity index is 2.77. The first-order chi connectivity index (χ1) is 7.59. The molecule has 0 saturated heterocycles. The number of carbonyl (C=O) groups is 1. The van der Waals surface area contributed by atoms with Crippen LogP contribution in [0.3, 0.4) is 0 Å². The summed E-state index contributed by atoms with van der Waals surface area (Å²) in [5.74, 6) is -1.15.